The molecule has 0 aliphatic heterocycles. The Labute approximate surface area is 354 Å². The van der Waals surface area contributed by atoms with Crippen LogP contribution >= 0.6 is 11.3 Å². The second-order valence-corrected chi connectivity index (χ2v) is 16.4. The molecule has 1 nitrogen and oxygen atoms in total. The Balaban J connectivity index is 0.904. The molecule has 0 spiro atoms. The number of nitrogens with zero attached hydrogens (tertiary/aromatic N) is 1. The summed E-state index contributed by atoms with van der Waals surface area (Å²) in [4.78, 5) is 2.36. The van der Waals surface area contributed by atoms with E-state index >= 15 is 0 Å². The zero-order valence-corrected chi connectivity index (χ0v) is 33.7. The van der Waals surface area contributed by atoms with Gasteiger partial charge in [0, 0.05) is 37.2 Å². The van der Waals surface area contributed by atoms with Crippen molar-refractivity contribution in [2.75, 3.05) is 4.90 Å². The molecule has 0 radical (unpaired) electrons. The van der Waals surface area contributed by atoms with Crippen LogP contribution < -0.4 is 4.90 Å². The molecule has 0 bridgehead atoms. The molecule has 1 aromatic heterocycles. The lowest BCUT2D eigenvalue weighted by molar-refractivity contribution is 1.28. The molecular formula is C58H39NS. The van der Waals surface area contributed by atoms with Crippen LogP contribution in [0.1, 0.15) is 0 Å². The van der Waals surface area contributed by atoms with Gasteiger partial charge < -0.3 is 4.90 Å². The molecule has 0 amide bonds. The average molecular weight is 782 g/mol. The minimum atomic E-state index is 1.10. The fraction of sp³-hybridized carbons (Fsp3) is 0. The van der Waals surface area contributed by atoms with Crippen molar-refractivity contribution < 1.29 is 0 Å². The maximum atomic E-state index is 2.36. The van der Waals surface area contributed by atoms with Crippen LogP contribution in [0.5, 0.6) is 0 Å². The lowest BCUT2D eigenvalue weighted by Crippen LogP contribution is -2.09. The first-order valence-electron chi connectivity index (χ1n) is 20.5. The highest BCUT2D eigenvalue weighted by Gasteiger charge is 2.16. The van der Waals surface area contributed by atoms with Crippen LogP contribution in [0.25, 0.3) is 86.6 Å². The molecule has 0 atom stereocenters. The normalized spacial score (nSPS) is 11.3. The zero-order valence-electron chi connectivity index (χ0n) is 32.9. The minimum absolute atomic E-state index is 1.10. The van der Waals surface area contributed by atoms with Gasteiger partial charge in [-0.1, -0.05) is 176 Å². The summed E-state index contributed by atoms with van der Waals surface area (Å²) in [7, 11) is 0. The van der Waals surface area contributed by atoms with E-state index < -0.39 is 0 Å². The molecule has 0 aliphatic rings. The van der Waals surface area contributed by atoms with Crippen molar-refractivity contribution in [3.63, 3.8) is 0 Å². The fourth-order valence-electron chi connectivity index (χ4n) is 8.59. The van der Waals surface area contributed by atoms with E-state index in [-0.39, 0.29) is 0 Å². The van der Waals surface area contributed by atoms with Crippen molar-refractivity contribution >= 4 is 59.3 Å². The second kappa shape index (κ2) is 15.3. The highest BCUT2D eigenvalue weighted by molar-refractivity contribution is 7.25. The summed E-state index contributed by atoms with van der Waals surface area (Å²) >= 11 is 1.86. The third-order valence-corrected chi connectivity index (χ3v) is 12.8. The third kappa shape index (κ3) is 6.73. The summed E-state index contributed by atoms with van der Waals surface area (Å²) in [5.41, 5.74) is 15.4. The van der Waals surface area contributed by atoms with Crippen LogP contribution in [0.15, 0.2) is 237 Å². The molecule has 0 fully saturated rings. The van der Waals surface area contributed by atoms with Crippen LogP contribution in [-0.2, 0) is 0 Å². The first-order chi connectivity index (χ1) is 29.7. The molecule has 10 aromatic carbocycles. The summed E-state index contributed by atoms with van der Waals surface area (Å²) in [6.45, 7) is 0. The Bertz CT molecular complexity index is 3270. The number of rotatable bonds is 8. The van der Waals surface area contributed by atoms with Gasteiger partial charge in [0.15, 0.2) is 0 Å². The van der Waals surface area contributed by atoms with Gasteiger partial charge in [-0.15, -0.1) is 11.3 Å². The van der Waals surface area contributed by atoms with Crippen molar-refractivity contribution in [3.8, 4) is 55.6 Å². The van der Waals surface area contributed by atoms with E-state index in [1.807, 2.05) is 11.3 Å². The van der Waals surface area contributed by atoms with Gasteiger partial charge in [0.05, 0.1) is 0 Å². The molecule has 282 valence electrons. The van der Waals surface area contributed by atoms with E-state index in [2.05, 4.69) is 241 Å². The van der Waals surface area contributed by atoms with E-state index in [0.717, 1.165) is 17.1 Å². The van der Waals surface area contributed by atoms with Gasteiger partial charge >= 0.3 is 0 Å². The first-order valence-corrected chi connectivity index (χ1v) is 21.3. The number of hydrogen-bond acceptors (Lipinski definition) is 2. The van der Waals surface area contributed by atoms with Crippen molar-refractivity contribution in [1.82, 2.24) is 0 Å². The molecule has 0 aliphatic carbocycles. The Kier molecular flexibility index (Phi) is 9.11. The third-order valence-electron chi connectivity index (χ3n) is 11.7. The molecule has 11 rings (SSSR count). The SMILES string of the molecule is c1ccc(-c2ccc(N(c3ccc(-c4ccc(-c5cccc(-c6ccc7ccccc7c6)c5)cc4)cc3)c3ccc(-c4cccc5sc6ccccc6c45)cc3)cc2)cc1. The number of anilines is 3. The van der Waals surface area contributed by atoms with Crippen LogP contribution in [0.4, 0.5) is 17.1 Å². The largest absolute Gasteiger partial charge is 0.311 e. The second-order valence-electron chi connectivity index (χ2n) is 15.3. The summed E-state index contributed by atoms with van der Waals surface area (Å²) in [5.74, 6) is 0. The molecule has 0 saturated carbocycles. The fourth-order valence-corrected chi connectivity index (χ4v) is 9.72. The lowest BCUT2D eigenvalue weighted by atomic mass is 9.96. The van der Waals surface area contributed by atoms with Crippen molar-refractivity contribution in [2.24, 2.45) is 0 Å². The number of thiophene rings is 1. The maximum Gasteiger partial charge on any atom is 0.0462 e. The predicted octanol–water partition coefficient (Wildman–Crippen LogP) is 17.0. The van der Waals surface area contributed by atoms with E-state index in [4.69, 9.17) is 0 Å². The van der Waals surface area contributed by atoms with Gasteiger partial charge in [0.1, 0.15) is 0 Å². The van der Waals surface area contributed by atoms with Gasteiger partial charge in [0.25, 0.3) is 0 Å². The monoisotopic (exact) mass is 781 g/mol. The van der Waals surface area contributed by atoms with Gasteiger partial charge in [-0.05, 0) is 127 Å². The molecule has 0 unspecified atom stereocenters. The van der Waals surface area contributed by atoms with E-state index in [0.29, 0.717) is 0 Å². The molecule has 11 aromatic rings. The Morgan fingerprint density at radius 1 is 0.267 bits per heavy atom. The quantitative estimate of drug-likeness (QED) is 0.148. The smallest absolute Gasteiger partial charge is 0.0462 e. The number of hydrogen-bond donors (Lipinski definition) is 0. The Morgan fingerprint density at radius 3 is 1.37 bits per heavy atom. The molecule has 0 N–H and O–H groups in total. The number of fused-ring (bicyclic) bond motifs is 4. The standard InChI is InChI=1S/C58H39NS/c1-2-10-40(11-3-1)43-26-32-51(33-27-43)59(53-36-30-46(31-37-53)54-17-9-19-57-58(54)55-16-6-7-18-56(55)60-57)52-34-28-44(29-35-52)42-20-22-45(23-21-42)48-14-8-15-49(38-48)50-25-24-41-12-4-5-13-47(41)39-50/h1-39H. The predicted molar refractivity (Wildman–Crippen MR) is 259 cm³/mol. The molecule has 2 heteroatoms. The van der Waals surface area contributed by atoms with Gasteiger partial charge in [-0.25, -0.2) is 0 Å². The summed E-state index contributed by atoms with van der Waals surface area (Å²) < 4.78 is 2.64. The average Bonchev–Trinajstić information content (AvgIpc) is 3.72. The van der Waals surface area contributed by atoms with Gasteiger partial charge in [0.2, 0.25) is 0 Å². The van der Waals surface area contributed by atoms with Crippen LogP contribution in [0.2, 0.25) is 0 Å². The first kappa shape index (κ1) is 35.6. The molecule has 0 saturated heterocycles. The number of benzene rings is 10. The van der Waals surface area contributed by atoms with Gasteiger partial charge in [-0.3, -0.25) is 0 Å². The van der Waals surface area contributed by atoms with E-state index in [9.17, 15) is 0 Å². The van der Waals surface area contributed by atoms with E-state index in [1.165, 1.54) is 86.6 Å². The minimum Gasteiger partial charge on any atom is -0.311 e. The highest BCUT2D eigenvalue weighted by atomic mass is 32.1. The van der Waals surface area contributed by atoms with Crippen LogP contribution in [-0.4, -0.2) is 0 Å². The highest BCUT2D eigenvalue weighted by Crippen LogP contribution is 2.42. The van der Waals surface area contributed by atoms with Crippen molar-refractivity contribution in [2.45, 2.75) is 0 Å². The van der Waals surface area contributed by atoms with Crippen LogP contribution in [0.3, 0.4) is 0 Å². The van der Waals surface area contributed by atoms with Crippen molar-refractivity contribution in [1.29, 1.82) is 0 Å². The maximum absolute atomic E-state index is 2.36. The summed E-state index contributed by atoms with van der Waals surface area (Å²) in [6.07, 6.45) is 0. The van der Waals surface area contributed by atoms with E-state index in [1.54, 1.807) is 0 Å². The summed E-state index contributed by atoms with van der Waals surface area (Å²) in [5, 5.41) is 5.17. The van der Waals surface area contributed by atoms with Gasteiger partial charge in [-0.2, -0.15) is 0 Å². The molecule has 60 heavy (non-hydrogen) atoms. The van der Waals surface area contributed by atoms with Crippen molar-refractivity contribution in [3.05, 3.63) is 237 Å². The Morgan fingerprint density at radius 2 is 0.700 bits per heavy atom. The van der Waals surface area contributed by atoms with Crippen LogP contribution in [0, 0.1) is 0 Å². The summed E-state index contributed by atoms with van der Waals surface area (Å²) in [6, 6.07) is 86.0. The topological polar surface area (TPSA) is 3.24 Å². The zero-order chi connectivity index (χ0) is 39.8. The lowest BCUT2D eigenvalue weighted by Gasteiger charge is -2.26. The molecular weight excluding hydrogens is 743 g/mol. The molecule has 1 heterocycles. The Hall–Kier alpha value is -7.52.